The lowest BCUT2D eigenvalue weighted by Gasteiger charge is -2.07. The summed E-state index contributed by atoms with van der Waals surface area (Å²) >= 11 is 0. The van der Waals surface area contributed by atoms with E-state index in [1.54, 1.807) is 30.3 Å². The van der Waals surface area contributed by atoms with Crippen molar-refractivity contribution in [2.75, 3.05) is 4.72 Å². The Bertz CT molecular complexity index is 810. The van der Waals surface area contributed by atoms with Crippen molar-refractivity contribution in [3.05, 3.63) is 54.9 Å². The summed E-state index contributed by atoms with van der Waals surface area (Å²) in [5.74, 6) is 0. The molecule has 0 radical (unpaired) electrons. The van der Waals surface area contributed by atoms with Crippen LogP contribution < -0.4 is 4.72 Å². The smallest absolute Gasteiger partial charge is 0.261 e. The van der Waals surface area contributed by atoms with E-state index in [9.17, 15) is 8.42 Å². The first-order valence-corrected chi connectivity index (χ1v) is 7.05. The number of rotatable bonds is 3. The fourth-order valence-electron chi connectivity index (χ4n) is 1.73. The number of aromatic nitrogens is 1. The largest absolute Gasteiger partial charge is 0.443 e. The fraction of sp³-hybridized carbons (Fsp3) is 0. The molecule has 1 aromatic heterocycles. The number of benzene rings is 2. The quantitative estimate of drug-likeness (QED) is 0.797. The van der Waals surface area contributed by atoms with Crippen LogP contribution in [0.25, 0.3) is 11.1 Å². The average Bonchev–Trinajstić information content (AvgIpc) is 2.86. The van der Waals surface area contributed by atoms with Crippen molar-refractivity contribution in [3.63, 3.8) is 0 Å². The number of oxazole rings is 1. The highest BCUT2D eigenvalue weighted by atomic mass is 32.2. The topological polar surface area (TPSA) is 72.2 Å². The molecule has 0 unspecified atom stereocenters. The number of para-hydroxylation sites is 1. The number of sulfonamides is 1. The third kappa shape index (κ3) is 2.30. The van der Waals surface area contributed by atoms with E-state index in [-0.39, 0.29) is 4.90 Å². The van der Waals surface area contributed by atoms with Gasteiger partial charge in [-0.05, 0) is 30.3 Å². The first-order valence-electron chi connectivity index (χ1n) is 5.56. The first kappa shape index (κ1) is 11.7. The predicted octanol–water partition coefficient (Wildman–Crippen LogP) is 2.63. The molecule has 0 spiro atoms. The van der Waals surface area contributed by atoms with Crippen LogP contribution in [0.3, 0.4) is 0 Å². The van der Waals surface area contributed by atoms with E-state index in [0.717, 1.165) is 0 Å². The van der Waals surface area contributed by atoms with Crippen LogP contribution in [0, 0.1) is 0 Å². The molecule has 0 aliphatic heterocycles. The summed E-state index contributed by atoms with van der Waals surface area (Å²) in [6.07, 6.45) is 1.28. The van der Waals surface area contributed by atoms with Gasteiger partial charge in [-0.2, -0.15) is 0 Å². The molecule has 96 valence electrons. The standard InChI is InChI=1S/C13H10N2O3S/c16-19(17,15-10-4-2-1-3-5-10)11-6-7-13-12(8-11)14-9-18-13/h1-9,15H. The average molecular weight is 274 g/mol. The number of anilines is 1. The van der Waals surface area contributed by atoms with Crippen LogP contribution in [0.5, 0.6) is 0 Å². The zero-order valence-corrected chi connectivity index (χ0v) is 10.6. The van der Waals surface area contributed by atoms with Crippen molar-refractivity contribution in [3.8, 4) is 0 Å². The molecule has 0 atom stereocenters. The third-order valence-electron chi connectivity index (χ3n) is 2.64. The Hall–Kier alpha value is -2.34. The maximum absolute atomic E-state index is 12.2. The number of nitrogens with zero attached hydrogens (tertiary/aromatic N) is 1. The highest BCUT2D eigenvalue weighted by Crippen LogP contribution is 2.20. The molecule has 0 bridgehead atoms. The normalized spacial score (nSPS) is 11.6. The molecular weight excluding hydrogens is 264 g/mol. The molecule has 19 heavy (non-hydrogen) atoms. The van der Waals surface area contributed by atoms with E-state index in [1.807, 2.05) is 6.07 Å². The Morgan fingerprint density at radius 3 is 2.63 bits per heavy atom. The first-order chi connectivity index (χ1) is 9.15. The lowest BCUT2D eigenvalue weighted by atomic mass is 10.3. The summed E-state index contributed by atoms with van der Waals surface area (Å²) in [6, 6.07) is 13.3. The van der Waals surface area contributed by atoms with E-state index in [4.69, 9.17) is 4.42 Å². The Balaban J connectivity index is 1.99. The van der Waals surface area contributed by atoms with Gasteiger partial charge in [0.1, 0.15) is 5.52 Å². The molecule has 3 rings (SSSR count). The van der Waals surface area contributed by atoms with Gasteiger partial charge in [-0.1, -0.05) is 18.2 Å². The number of fused-ring (bicyclic) bond motifs is 1. The van der Waals surface area contributed by atoms with Gasteiger partial charge in [0.15, 0.2) is 12.0 Å². The lowest BCUT2D eigenvalue weighted by molar-refractivity contribution is 0.600. The van der Waals surface area contributed by atoms with Crippen LogP contribution >= 0.6 is 0 Å². The molecule has 0 fully saturated rings. The van der Waals surface area contributed by atoms with Crippen LogP contribution in [0.2, 0.25) is 0 Å². The van der Waals surface area contributed by atoms with Crippen molar-refractivity contribution in [2.24, 2.45) is 0 Å². The van der Waals surface area contributed by atoms with Gasteiger partial charge in [0, 0.05) is 5.69 Å². The van der Waals surface area contributed by atoms with Crippen molar-refractivity contribution < 1.29 is 12.8 Å². The molecule has 1 heterocycles. The van der Waals surface area contributed by atoms with Crippen molar-refractivity contribution in [1.82, 2.24) is 4.98 Å². The highest BCUT2D eigenvalue weighted by molar-refractivity contribution is 7.92. The summed E-state index contributed by atoms with van der Waals surface area (Å²) in [5.41, 5.74) is 1.58. The van der Waals surface area contributed by atoms with Crippen LogP contribution in [-0.2, 0) is 10.0 Å². The van der Waals surface area contributed by atoms with E-state index in [2.05, 4.69) is 9.71 Å². The van der Waals surface area contributed by atoms with Crippen LogP contribution in [0.4, 0.5) is 5.69 Å². The second kappa shape index (κ2) is 4.40. The summed E-state index contributed by atoms with van der Waals surface area (Å²) in [5, 5.41) is 0. The van der Waals surface area contributed by atoms with Gasteiger partial charge in [-0.15, -0.1) is 0 Å². The summed E-state index contributed by atoms with van der Waals surface area (Å²) in [7, 11) is -3.61. The monoisotopic (exact) mass is 274 g/mol. The minimum absolute atomic E-state index is 0.151. The summed E-state index contributed by atoms with van der Waals surface area (Å²) in [6.45, 7) is 0. The van der Waals surface area contributed by atoms with Crippen molar-refractivity contribution in [2.45, 2.75) is 4.90 Å². The molecule has 1 N–H and O–H groups in total. The van der Waals surface area contributed by atoms with Gasteiger partial charge in [0.25, 0.3) is 10.0 Å². The Labute approximate surface area is 109 Å². The zero-order valence-electron chi connectivity index (χ0n) is 9.78. The number of hydrogen-bond acceptors (Lipinski definition) is 4. The fourth-order valence-corrected chi connectivity index (χ4v) is 2.80. The van der Waals surface area contributed by atoms with Gasteiger partial charge in [0.2, 0.25) is 0 Å². The molecule has 0 saturated carbocycles. The minimum atomic E-state index is -3.61. The molecule has 3 aromatic rings. The molecular formula is C13H10N2O3S. The van der Waals surface area contributed by atoms with Gasteiger partial charge >= 0.3 is 0 Å². The Kier molecular flexibility index (Phi) is 2.72. The second-order valence-corrected chi connectivity index (χ2v) is 5.64. The maximum atomic E-state index is 12.2. The van der Waals surface area contributed by atoms with E-state index < -0.39 is 10.0 Å². The van der Waals surface area contributed by atoms with E-state index in [1.165, 1.54) is 18.5 Å². The van der Waals surface area contributed by atoms with Crippen LogP contribution in [0.1, 0.15) is 0 Å². The zero-order chi connectivity index (χ0) is 13.3. The second-order valence-electron chi connectivity index (χ2n) is 3.95. The number of hydrogen-bond donors (Lipinski definition) is 1. The predicted molar refractivity (Wildman–Crippen MR) is 71.3 cm³/mol. The molecule has 6 heteroatoms. The Morgan fingerprint density at radius 2 is 1.84 bits per heavy atom. The van der Waals surface area contributed by atoms with Crippen molar-refractivity contribution in [1.29, 1.82) is 0 Å². The SMILES string of the molecule is O=S(=O)(Nc1ccccc1)c1ccc2ocnc2c1. The van der Waals surface area contributed by atoms with Gasteiger partial charge in [-0.3, -0.25) is 4.72 Å². The summed E-state index contributed by atoms with van der Waals surface area (Å²) < 4.78 is 32.0. The van der Waals surface area contributed by atoms with Gasteiger partial charge in [0.05, 0.1) is 4.90 Å². The lowest BCUT2D eigenvalue weighted by Crippen LogP contribution is -2.12. The van der Waals surface area contributed by atoms with Gasteiger partial charge < -0.3 is 4.42 Å². The van der Waals surface area contributed by atoms with Crippen LogP contribution in [-0.4, -0.2) is 13.4 Å². The Morgan fingerprint density at radius 1 is 1.05 bits per heavy atom. The number of nitrogens with one attached hydrogen (secondary N) is 1. The summed E-state index contributed by atoms with van der Waals surface area (Å²) in [4.78, 5) is 4.09. The molecule has 5 nitrogen and oxygen atoms in total. The van der Waals surface area contributed by atoms with Crippen LogP contribution in [0.15, 0.2) is 64.2 Å². The van der Waals surface area contributed by atoms with E-state index >= 15 is 0 Å². The van der Waals surface area contributed by atoms with Gasteiger partial charge in [-0.25, -0.2) is 13.4 Å². The highest BCUT2D eigenvalue weighted by Gasteiger charge is 2.15. The maximum Gasteiger partial charge on any atom is 0.261 e. The molecule has 0 aliphatic carbocycles. The van der Waals surface area contributed by atoms with E-state index in [0.29, 0.717) is 16.8 Å². The molecule has 0 aliphatic rings. The molecule has 0 saturated heterocycles. The molecule has 0 amide bonds. The van der Waals surface area contributed by atoms with Crippen molar-refractivity contribution >= 4 is 26.8 Å². The minimum Gasteiger partial charge on any atom is -0.443 e. The third-order valence-corrected chi connectivity index (χ3v) is 4.02. The molecule has 2 aromatic carbocycles.